The van der Waals surface area contributed by atoms with Crippen LogP contribution in [0.3, 0.4) is 0 Å². The highest BCUT2D eigenvalue weighted by Gasteiger charge is 2.16. The summed E-state index contributed by atoms with van der Waals surface area (Å²) in [6.45, 7) is 3.52. The van der Waals surface area contributed by atoms with Crippen molar-refractivity contribution in [2.24, 2.45) is 5.92 Å². The average Bonchev–Trinajstić information content (AvgIpc) is 1.84. The van der Waals surface area contributed by atoms with Crippen molar-refractivity contribution in [1.82, 2.24) is 0 Å². The summed E-state index contributed by atoms with van der Waals surface area (Å²) in [6.07, 6.45) is 0.664. The zero-order valence-corrected chi connectivity index (χ0v) is 6.23. The van der Waals surface area contributed by atoms with Gasteiger partial charge in [-0.1, -0.05) is 13.8 Å². The molecule has 0 rings (SSSR count). The Morgan fingerprint density at radius 2 is 2.00 bits per heavy atom. The van der Waals surface area contributed by atoms with Crippen molar-refractivity contribution in [1.29, 1.82) is 0 Å². The Kier molecular flexibility index (Phi) is 3.47. The van der Waals surface area contributed by atoms with Crippen LogP contribution in [0.4, 0.5) is 0 Å². The molecule has 0 aliphatic rings. The molecule has 1 atom stereocenters. The molecule has 52 valence electrons. The summed E-state index contributed by atoms with van der Waals surface area (Å²) in [6, 6.07) is 0. The summed E-state index contributed by atoms with van der Waals surface area (Å²) in [5, 5.41) is -0.857. The largest absolute Gasteiger partial charge is 0.289 e. The van der Waals surface area contributed by atoms with Crippen LogP contribution in [0.2, 0.25) is 0 Å². The van der Waals surface area contributed by atoms with Gasteiger partial charge in [-0.05, 0) is 18.0 Å². The maximum absolute atomic E-state index is 10.6. The van der Waals surface area contributed by atoms with Crippen molar-refractivity contribution < 1.29 is 9.59 Å². The van der Waals surface area contributed by atoms with E-state index in [0.717, 1.165) is 0 Å². The molecule has 0 amide bonds. The quantitative estimate of drug-likeness (QED) is 0.448. The highest BCUT2D eigenvalue weighted by Crippen LogP contribution is 2.03. The molecule has 0 fully saturated rings. The first-order valence-electron chi connectivity index (χ1n) is 2.83. The van der Waals surface area contributed by atoms with Gasteiger partial charge >= 0.3 is 0 Å². The normalized spacial score (nSPS) is 12.8. The molecule has 2 nitrogen and oxygen atoms in total. The van der Waals surface area contributed by atoms with Gasteiger partial charge in [0.1, 0.15) is 0 Å². The van der Waals surface area contributed by atoms with Gasteiger partial charge in [0.2, 0.25) is 5.78 Å². The summed E-state index contributed by atoms with van der Waals surface area (Å²) < 4.78 is 0. The maximum atomic E-state index is 10.6. The fourth-order valence-electron chi connectivity index (χ4n) is 0.379. The third-order valence-electron chi connectivity index (χ3n) is 1.25. The molecule has 0 heterocycles. The predicted molar refractivity (Wildman–Crippen MR) is 35.3 cm³/mol. The summed E-state index contributed by atoms with van der Waals surface area (Å²) in [4.78, 5) is 20.8. The summed E-state index contributed by atoms with van der Waals surface area (Å²) >= 11 is 4.91. The van der Waals surface area contributed by atoms with E-state index in [1.165, 1.54) is 0 Å². The van der Waals surface area contributed by atoms with Gasteiger partial charge in [0.25, 0.3) is 5.24 Å². The van der Waals surface area contributed by atoms with E-state index >= 15 is 0 Å². The molecule has 0 aromatic carbocycles. The first-order valence-corrected chi connectivity index (χ1v) is 3.21. The minimum absolute atomic E-state index is 0.227. The fourth-order valence-corrected chi connectivity index (χ4v) is 0.565. The molecule has 0 N–H and O–H groups in total. The summed E-state index contributed by atoms with van der Waals surface area (Å²) in [7, 11) is 0. The number of carbonyl (C=O) groups excluding carboxylic acids is 2. The maximum Gasteiger partial charge on any atom is 0.288 e. The summed E-state index contributed by atoms with van der Waals surface area (Å²) in [5.74, 6) is -0.714. The molecular formula is C6H9ClO2. The monoisotopic (exact) mass is 148 g/mol. The molecule has 0 saturated heterocycles. The molecule has 3 heteroatoms. The van der Waals surface area contributed by atoms with Crippen molar-refractivity contribution in [3.05, 3.63) is 0 Å². The van der Waals surface area contributed by atoms with E-state index in [-0.39, 0.29) is 5.92 Å². The highest BCUT2D eigenvalue weighted by molar-refractivity contribution is 6.81. The van der Waals surface area contributed by atoms with Gasteiger partial charge in [0.15, 0.2) is 0 Å². The fraction of sp³-hybridized carbons (Fsp3) is 0.667. The number of hydrogen-bond acceptors (Lipinski definition) is 2. The average molecular weight is 149 g/mol. The van der Waals surface area contributed by atoms with Crippen LogP contribution in [-0.2, 0) is 9.59 Å². The van der Waals surface area contributed by atoms with Crippen molar-refractivity contribution in [3.63, 3.8) is 0 Å². The zero-order valence-electron chi connectivity index (χ0n) is 5.48. The number of rotatable bonds is 3. The lowest BCUT2D eigenvalue weighted by molar-refractivity contribution is -0.134. The Balaban J connectivity index is 3.88. The molecule has 0 bridgehead atoms. The van der Waals surface area contributed by atoms with Crippen molar-refractivity contribution in [2.75, 3.05) is 0 Å². The van der Waals surface area contributed by atoms with Crippen LogP contribution >= 0.6 is 11.6 Å². The van der Waals surface area contributed by atoms with Crippen molar-refractivity contribution >= 4 is 22.6 Å². The zero-order chi connectivity index (χ0) is 7.44. The Hall–Kier alpha value is -0.370. The lowest BCUT2D eigenvalue weighted by atomic mass is 10.1. The highest BCUT2D eigenvalue weighted by atomic mass is 35.5. The van der Waals surface area contributed by atoms with Crippen LogP contribution in [0, 0.1) is 5.92 Å². The van der Waals surface area contributed by atoms with E-state index in [9.17, 15) is 9.59 Å². The van der Waals surface area contributed by atoms with Gasteiger partial charge in [0, 0.05) is 5.92 Å². The van der Waals surface area contributed by atoms with E-state index in [4.69, 9.17) is 11.6 Å². The Labute approximate surface area is 59.2 Å². The van der Waals surface area contributed by atoms with E-state index in [2.05, 4.69) is 0 Å². The second-order valence-electron chi connectivity index (χ2n) is 1.95. The van der Waals surface area contributed by atoms with Crippen LogP contribution in [0.1, 0.15) is 20.3 Å². The molecule has 0 aromatic rings. The number of halogens is 1. The number of Topliss-reactive ketones (excluding diaryl/α,β-unsaturated/α-hetero) is 1. The Morgan fingerprint density at radius 3 is 2.11 bits per heavy atom. The van der Waals surface area contributed by atoms with E-state index < -0.39 is 11.0 Å². The molecule has 0 radical (unpaired) electrons. The minimum Gasteiger partial charge on any atom is -0.289 e. The smallest absolute Gasteiger partial charge is 0.288 e. The molecular weight excluding hydrogens is 140 g/mol. The topological polar surface area (TPSA) is 34.1 Å². The Morgan fingerprint density at radius 1 is 1.56 bits per heavy atom. The number of ketones is 1. The van der Waals surface area contributed by atoms with Crippen LogP contribution in [0.5, 0.6) is 0 Å². The van der Waals surface area contributed by atoms with Crippen LogP contribution in [0.15, 0.2) is 0 Å². The van der Waals surface area contributed by atoms with Gasteiger partial charge < -0.3 is 0 Å². The van der Waals surface area contributed by atoms with Gasteiger partial charge in [-0.15, -0.1) is 0 Å². The number of carbonyl (C=O) groups is 2. The van der Waals surface area contributed by atoms with Crippen LogP contribution in [0.25, 0.3) is 0 Å². The second-order valence-corrected chi connectivity index (χ2v) is 2.29. The van der Waals surface area contributed by atoms with Gasteiger partial charge in [-0.25, -0.2) is 0 Å². The Bertz CT molecular complexity index is 131. The molecule has 0 aliphatic carbocycles. The van der Waals surface area contributed by atoms with Gasteiger partial charge in [-0.3, -0.25) is 9.59 Å². The minimum atomic E-state index is -0.857. The molecule has 0 spiro atoms. The molecule has 0 aliphatic heterocycles. The first-order chi connectivity index (χ1) is 4.09. The van der Waals surface area contributed by atoms with Crippen LogP contribution in [-0.4, -0.2) is 11.0 Å². The molecule has 0 saturated carbocycles. The first kappa shape index (κ1) is 8.63. The van der Waals surface area contributed by atoms with Gasteiger partial charge in [0.05, 0.1) is 0 Å². The van der Waals surface area contributed by atoms with Crippen LogP contribution < -0.4 is 0 Å². The third-order valence-corrected chi connectivity index (χ3v) is 1.44. The summed E-state index contributed by atoms with van der Waals surface area (Å²) in [5.41, 5.74) is 0. The lowest BCUT2D eigenvalue weighted by Crippen LogP contribution is -2.15. The second kappa shape index (κ2) is 3.62. The van der Waals surface area contributed by atoms with E-state index in [1.807, 2.05) is 6.92 Å². The SMILES string of the molecule is CCC(C)C(=O)C(=O)Cl. The molecule has 9 heavy (non-hydrogen) atoms. The predicted octanol–water partition coefficient (Wildman–Crippen LogP) is 1.37. The standard InChI is InChI=1S/C6H9ClO2/c1-3-4(2)5(8)6(7)9/h4H,3H2,1-2H3. The molecule has 1 unspecified atom stereocenters. The van der Waals surface area contributed by atoms with E-state index in [0.29, 0.717) is 6.42 Å². The van der Waals surface area contributed by atoms with Crippen molar-refractivity contribution in [2.45, 2.75) is 20.3 Å². The van der Waals surface area contributed by atoms with Gasteiger partial charge in [-0.2, -0.15) is 0 Å². The third kappa shape index (κ3) is 2.61. The van der Waals surface area contributed by atoms with E-state index in [1.54, 1.807) is 6.92 Å². The van der Waals surface area contributed by atoms with Crippen molar-refractivity contribution in [3.8, 4) is 0 Å². The lowest BCUT2D eigenvalue weighted by Gasteiger charge is -1.99. The molecule has 0 aromatic heterocycles. The number of hydrogen-bond donors (Lipinski definition) is 0.